The molecule has 1 heterocycles. The van der Waals surface area contributed by atoms with Gasteiger partial charge in [0.25, 0.3) is 0 Å². The van der Waals surface area contributed by atoms with Crippen LogP contribution in [0.15, 0.2) is 0 Å². The summed E-state index contributed by atoms with van der Waals surface area (Å²) in [5, 5.41) is 8.16. The van der Waals surface area contributed by atoms with Gasteiger partial charge >= 0.3 is 0 Å². The number of hydroxylamine groups is 1. The zero-order chi connectivity index (χ0) is 9.90. The van der Waals surface area contributed by atoms with Crippen molar-refractivity contribution >= 4 is 5.91 Å². The molecule has 0 aromatic carbocycles. The number of carbonyl (C=O) groups is 1. The van der Waals surface area contributed by atoms with Crippen LogP contribution in [0, 0.1) is 0 Å². The van der Waals surface area contributed by atoms with Gasteiger partial charge in [-0.1, -0.05) is 0 Å². The van der Waals surface area contributed by atoms with E-state index in [0.29, 0.717) is 13.2 Å². The quantitative estimate of drug-likeness (QED) is 0.488. The highest BCUT2D eigenvalue weighted by Crippen LogP contribution is 2.26. The fourth-order valence-corrected chi connectivity index (χ4v) is 1.10. The topological polar surface area (TPSA) is 67.8 Å². The molecule has 1 fully saturated rings. The maximum absolute atomic E-state index is 13.3. The Kier molecular flexibility index (Phi) is 3.18. The SMILES string of the molecule is CC1(C(F)CC(=O)NO)OCCO1. The molecule has 2 N–H and O–H groups in total. The van der Waals surface area contributed by atoms with E-state index in [-0.39, 0.29) is 0 Å². The van der Waals surface area contributed by atoms with E-state index < -0.39 is 24.3 Å². The van der Waals surface area contributed by atoms with Crippen LogP contribution in [0.4, 0.5) is 4.39 Å². The molecule has 0 aromatic heterocycles. The first kappa shape index (κ1) is 10.4. The molecule has 1 atom stereocenters. The van der Waals surface area contributed by atoms with Crippen LogP contribution < -0.4 is 5.48 Å². The zero-order valence-electron chi connectivity index (χ0n) is 7.25. The fourth-order valence-electron chi connectivity index (χ4n) is 1.10. The minimum atomic E-state index is -1.58. The van der Waals surface area contributed by atoms with Gasteiger partial charge in [-0.25, -0.2) is 9.87 Å². The Morgan fingerprint density at radius 2 is 2.23 bits per heavy atom. The summed E-state index contributed by atoms with van der Waals surface area (Å²) in [6.07, 6.45) is -2.06. The van der Waals surface area contributed by atoms with Crippen LogP contribution in [-0.2, 0) is 14.3 Å². The van der Waals surface area contributed by atoms with E-state index in [1.165, 1.54) is 12.4 Å². The van der Waals surface area contributed by atoms with Gasteiger partial charge in [0.15, 0.2) is 12.0 Å². The van der Waals surface area contributed by atoms with Gasteiger partial charge in [0.1, 0.15) is 0 Å². The van der Waals surface area contributed by atoms with E-state index in [4.69, 9.17) is 14.7 Å². The predicted octanol–water partition coefficient (Wildman–Crippen LogP) is -0.0170. The zero-order valence-corrected chi connectivity index (χ0v) is 7.25. The first-order chi connectivity index (χ1) is 6.08. The van der Waals surface area contributed by atoms with Crippen molar-refractivity contribution < 1.29 is 23.9 Å². The van der Waals surface area contributed by atoms with Gasteiger partial charge < -0.3 is 9.47 Å². The van der Waals surface area contributed by atoms with Crippen molar-refractivity contribution in [2.75, 3.05) is 13.2 Å². The summed E-state index contributed by atoms with van der Waals surface area (Å²) in [7, 11) is 0. The van der Waals surface area contributed by atoms with Crippen LogP contribution in [0.2, 0.25) is 0 Å². The van der Waals surface area contributed by atoms with Crippen molar-refractivity contribution in [1.29, 1.82) is 0 Å². The van der Waals surface area contributed by atoms with Gasteiger partial charge in [0, 0.05) is 0 Å². The molecular weight excluding hydrogens is 181 g/mol. The second-order valence-electron chi connectivity index (χ2n) is 2.92. The Morgan fingerprint density at radius 1 is 1.69 bits per heavy atom. The van der Waals surface area contributed by atoms with Gasteiger partial charge in [-0.2, -0.15) is 0 Å². The number of hydrogen-bond acceptors (Lipinski definition) is 4. The van der Waals surface area contributed by atoms with Crippen molar-refractivity contribution in [3.8, 4) is 0 Å². The van der Waals surface area contributed by atoms with E-state index in [9.17, 15) is 9.18 Å². The Balaban J connectivity index is 2.46. The molecule has 1 saturated heterocycles. The standard InChI is InChI=1S/C7H12FNO4/c1-7(12-2-3-13-7)5(8)4-6(10)9-11/h5,11H,2-4H2,1H3,(H,9,10). The highest BCUT2D eigenvalue weighted by molar-refractivity contribution is 5.75. The normalized spacial score (nSPS) is 22.7. The Morgan fingerprint density at radius 3 is 2.69 bits per heavy atom. The lowest BCUT2D eigenvalue weighted by atomic mass is 10.1. The van der Waals surface area contributed by atoms with Crippen molar-refractivity contribution in [3.05, 3.63) is 0 Å². The van der Waals surface area contributed by atoms with Crippen LogP contribution in [-0.4, -0.2) is 36.3 Å². The predicted molar refractivity (Wildman–Crippen MR) is 39.8 cm³/mol. The van der Waals surface area contributed by atoms with Gasteiger partial charge in [0.2, 0.25) is 5.91 Å². The summed E-state index contributed by atoms with van der Waals surface area (Å²) in [6, 6.07) is 0. The number of amides is 1. The van der Waals surface area contributed by atoms with Crippen molar-refractivity contribution in [1.82, 2.24) is 5.48 Å². The molecule has 0 radical (unpaired) electrons. The van der Waals surface area contributed by atoms with E-state index in [1.807, 2.05) is 0 Å². The first-order valence-electron chi connectivity index (χ1n) is 3.93. The Labute approximate surface area is 74.8 Å². The van der Waals surface area contributed by atoms with E-state index in [1.54, 1.807) is 0 Å². The summed E-state index contributed by atoms with van der Waals surface area (Å²) in [5.41, 5.74) is 1.35. The fraction of sp³-hybridized carbons (Fsp3) is 0.857. The molecule has 5 nitrogen and oxygen atoms in total. The molecule has 0 aromatic rings. The van der Waals surface area contributed by atoms with Crippen molar-refractivity contribution in [2.45, 2.75) is 25.3 Å². The smallest absolute Gasteiger partial charge is 0.246 e. The van der Waals surface area contributed by atoms with E-state index in [2.05, 4.69) is 0 Å². The molecule has 1 aliphatic rings. The van der Waals surface area contributed by atoms with Crippen molar-refractivity contribution in [2.24, 2.45) is 0 Å². The first-order valence-corrected chi connectivity index (χ1v) is 3.93. The maximum atomic E-state index is 13.3. The monoisotopic (exact) mass is 193 g/mol. The van der Waals surface area contributed by atoms with Gasteiger partial charge in [-0.05, 0) is 6.92 Å². The van der Waals surface area contributed by atoms with Crippen molar-refractivity contribution in [3.63, 3.8) is 0 Å². The summed E-state index contributed by atoms with van der Waals surface area (Å²) in [5.74, 6) is -2.15. The number of halogens is 1. The van der Waals surface area contributed by atoms with Crippen LogP contribution in [0.1, 0.15) is 13.3 Å². The average Bonchev–Trinajstić information content (AvgIpc) is 2.53. The Bertz CT molecular complexity index is 193. The van der Waals surface area contributed by atoms with Crippen LogP contribution >= 0.6 is 0 Å². The molecule has 1 rings (SSSR count). The summed E-state index contributed by atoms with van der Waals surface area (Å²) in [4.78, 5) is 10.6. The van der Waals surface area contributed by atoms with Crippen LogP contribution in [0.3, 0.4) is 0 Å². The third-order valence-corrected chi connectivity index (χ3v) is 1.92. The van der Waals surface area contributed by atoms with Gasteiger partial charge in [-0.15, -0.1) is 0 Å². The molecule has 0 aliphatic carbocycles. The number of hydrogen-bond donors (Lipinski definition) is 2. The number of alkyl halides is 1. The highest BCUT2D eigenvalue weighted by Gasteiger charge is 2.41. The molecule has 1 unspecified atom stereocenters. The maximum Gasteiger partial charge on any atom is 0.246 e. The minimum absolute atomic E-state index is 0.317. The van der Waals surface area contributed by atoms with Gasteiger partial charge in [0.05, 0.1) is 19.6 Å². The van der Waals surface area contributed by atoms with E-state index >= 15 is 0 Å². The number of ether oxygens (including phenoxy) is 2. The second-order valence-corrected chi connectivity index (χ2v) is 2.92. The highest BCUT2D eigenvalue weighted by atomic mass is 19.1. The molecule has 76 valence electrons. The number of nitrogens with one attached hydrogen (secondary N) is 1. The summed E-state index contributed by atoms with van der Waals surface area (Å²) >= 11 is 0. The molecule has 0 bridgehead atoms. The van der Waals surface area contributed by atoms with Gasteiger partial charge in [-0.3, -0.25) is 10.0 Å². The lowest BCUT2D eigenvalue weighted by Crippen LogP contribution is -2.40. The molecule has 0 spiro atoms. The molecule has 1 amide bonds. The molecule has 1 aliphatic heterocycles. The second kappa shape index (κ2) is 3.99. The summed E-state index contributed by atoms with van der Waals surface area (Å²) in [6.45, 7) is 2.06. The van der Waals surface area contributed by atoms with Crippen LogP contribution in [0.25, 0.3) is 0 Å². The minimum Gasteiger partial charge on any atom is -0.345 e. The number of rotatable bonds is 3. The third-order valence-electron chi connectivity index (χ3n) is 1.92. The Hall–Kier alpha value is -0.720. The molecular formula is C7H12FNO4. The molecule has 6 heteroatoms. The number of carbonyl (C=O) groups excluding carboxylic acids is 1. The largest absolute Gasteiger partial charge is 0.345 e. The molecule has 0 saturated carbocycles. The lowest BCUT2D eigenvalue weighted by Gasteiger charge is -2.25. The molecule has 13 heavy (non-hydrogen) atoms. The lowest BCUT2D eigenvalue weighted by molar-refractivity contribution is -0.190. The average molecular weight is 193 g/mol. The van der Waals surface area contributed by atoms with E-state index in [0.717, 1.165) is 0 Å². The third kappa shape index (κ3) is 2.36. The summed E-state index contributed by atoms with van der Waals surface area (Å²) < 4.78 is 23.3. The van der Waals surface area contributed by atoms with Crippen LogP contribution in [0.5, 0.6) is 0 Å².